The monoisotopic (exact) mass is 205 g/mol. The van der Waals surface area contributed by atoms with E-state index in [1.54, 1.807) is 12.5 Å². The van der Waals surface area contributed by atoms with E-state index >= 15 is 0 Å². The van der Waals surface area contributed by atoms with Crippen molar-refractivity contribution >= 4 is 0 Å². The SMILES string of the molecule is CCN(Cc1ccco1)Cc1ccco1. The highest BCUT2D eigenvalue weighted by atomic mass is 16.3. The molecule has 0 atom stereocenters. The fourth-order valence-corrected chi connectivity index (χ4v) is 1.53. The van der Waals surface area contributed by atoms with Crippen molar-refractivity contribution in [3.05, 3.63) is 48.3 Å². The second kappa shape index (κ2) is 4.84. The van der Waals surface area contributed by atoms with E-state index in [2.05, 4.69) is 11.8 Å². The van der Waals surface area contributed by atoms with E-state index in [4.69, 9.17) is 8.83 Å². The second-order valence-electron chi connectivity index (χ2n) is 3.46. The van der Waals surface area contributed by atoms with E-state index in [1.165, 1.54) is 0 Å². The Morgan fingerprint density at radius 3 is 1.87 bits per heavy atom. The first-order valence-corrected chi connectivity index (χ1v) is 5.15. The van der Waals surface area contributed by atoms with Gasteiger partial charge in [-0.05, 0) is 30.8 Å². The largest absolute Gasteiger partial charge is 0.468 e. The van der Waals surface area contributed by atoms with Gasteiger partial charge in [0.2, 0.25) is 0 Å². The average molecular weight is 205 g/mol. The van der Waals surface area contributed by atoms with Crippen LogP contribution in [0.4, 0.5) is 0 Å². The van der Waals surface area contributed by atoms with Gasteiger partial charge in [-0.15, -0.1) is 0 Å². The molecule has 0 fully saturated rings. The first kappa shape index (κ1) is 10.1. The minimum Gasteiger partial charge on any atom is -0.468 e. The minimum atomic E-state index is 0.824. The van der Waals surface area contributed by atoms with E-state index < -0.39 is 0 Å². The molecule has 0 saturated carbocycles. The third-order valence-corrected chi connectivity index (χ3v) is 2.37. The van der Waals surface area contributed by atoms with Gasteiger partial charge in [0.1, 0.15) is 11.5 Å². The topological polar surface area (TPSA) is 29.5 Å². The van der Waals surface area contributed by atoms with Gasteiger partial charge in [-0.2, -0.15) is 0 Å². The molecule has 2 aromatic rings. The molecule has 0 saturated heterocycles. The summed E-state index contributed by atoms with van der Waals surface area (Å²) in [6, 6.07) is 7.81. The van der Waals surface area contributed by atoms with Gasteiger partial charge in [0.15, 0.2) is 0 Å². The van der Waals surface area contributed by atoms with E-state index in [-0.39, 0.29) is 0 Å². The first-order chi connectivity index (χ1) is 7.38. The Bertz CT molecular complexity index is 328. The maximum Gasteiger partial charge on any atom is 0.117 e. The lowest BCUT2D eigenvalue weighted by Crippen LogP contribution is -2.21. The Morgan fingerprint density at radius 1 is 1.00 bits per heavy atom. The number of nitrogens with zero attached hydrogens (tertiary/aromatic N) is 1. The summed E-state index contributed by atoms with van der Waals surface area (Å²) in [6.07, 6.45) is 3.41. The Kier molecular flexibility index (Phi) is 3.25. The Morgan fingerprint density at radius 2 is 1.53 bits per heavy atom. The standard InChI is InChI=1S/C12H15NO2/c1-2-13(9-11-5-3-7-14-11)10-12-6-4-8-15-12/h3-8H,2,9-10H2,1H3. The van der Waals surface area contributed by atoms with Crippen LogP contribution in [0.15, 0.2) is 45.6 Å². The van der Waals surface area contributed by atoms with Crippen LogP contribution in [-0.2, 0) is 13.1 Å². The zero-order valence-corrected chi connectivity index (χ0v) is 8.85. The molecule has 2 rings (SSSR count). The lowest BCUT2D eigenvalue weighted by atomic mass is 10.3. The summed E-state index contributed by atoms with van der Waals surface area (Å²) in [6.45, 7) is 4.75. The summed E-state index contributed by atoms with van der Waals surface area (Å²) in [4.78, 5) is 2.26. The van der Waals surface area contributed by atoms with Gasteiger partial charge in [0, 0.05) is 0 Å². The van der Waals surface area contributed by atoms with Crippen LogP contribution in [-0.4, -0.2) is 11.4 Å². The summed E-state index contributed by atoms with van der Waals surface area (Å²) < 4.78 is 10.6. The maximum absolute atomic E-state index is 5.31. The van der Waals surface area contributed by atoms with Crippen LogP contribution in [0.1, 0.15) is 18.4 Å². The van der Waals surface area contributed by atoms with Gasteiger partial charge in [0.25, 0.3) is 0 Å². The first-order valence-electron chi connectivity index (χ1n) is 5.15. The van der Waals surface area contributed by atoms with Gasteiger partial charge in [-0.1, -0.05) is 6.92 Å². The van der Waals surface area contributed by atoms with Crippen molar-refractivity contribution in [1.29, 1.82) is 0 Å². The predicted octanol–water partition coefficient (Wildman–Crippen LogP) is 2.89. The minimum absolute atomic E-state index is 0.824. The summed E-state index contributed by atoms with van der Waals surface area (Å²) in [5, 5.41) is 0. The zero-order valence-electron chi connectivity index (χ0n) is 8.85. The number of hydrogen-bond acceptors (Lipinski definition) is 3. The molecule has 3 nitrogen and oxygen atoms in total. The lowest BCUT2D eigenvalue weighted by molar-refractivity contribution is 0.229. The Balaban J connectivity index is 1.93. The van der Waals surface area contributed by atoms with Crippen molar-refractivity contribution < 1.29 is 8.83 Å². The molecule has 0 aliphatic rings. The molecule has 80 valence electrons. The predicted molar refractivity (Wildman–Crippen MR) is 57.2 cm³/mol. The van der Waals surface area contributed by atoms with Crippen LogP contribution < -0.4 is 0 Å². The molecule has 15 heavy (non-hydrogen) atoms. The molecule has 0 N–H and O–H groups in total. The van der Waals surface area contributed by atoms with E-state index in [1.807, 2.05) is 24.3 Å². The molecule has 2 heterocycles. The van der Waals surface area contributed by atoms with E-state index in [0.29, 0.717) is 0 Å². The molecular weight excluding hydrogens is 190 g/mol. The molecule has 0 radical (unpaired) electrons. The average Bonchev–Trinajstić information content (AvgIpc) is 2.89. The van der Waals surface area contributed by atoms with Crippen LogP contribution in [0.5, 0.6) is 0 Å². The van der Waals surface area contributed by atoms with Crippen molar-refractivity contribution in [2.45, 2.75) is 20.0 Å². The third-order valence-electron chi connectivity index (χ3n) is 2.37. The Hall–Kier alpha value is -1.48. The smallest absolute Gasteiger partial charge is 0.117 e. The van der Waals surface area contributed by atoms with Crippen molar-refractivity contribution in [2.24, 2.45) is 0 Å². The van der Waals surface area contributed by atoms with Gasteiger partial charge in [0.05, 0.1) is 25.6 Å². The number of furan rings is 2. The maximum atomic E-state index is 5.31. The molecule has 0 unspecified atom stereocenters. The van der Waals surface area contributed by atoms with Crippen LogP contribution >= 0.6 is 0 Å². The molecule has 0 aromatic carbocycles. The van der Waals surface area contributed by atoms with Gasteiger partial charge >= 0.3 is 0 Å². The van der Waals surface area contributed by atoms with Crippen LogP contribution in [0, 0.1) is 0 Å². The highest BCUT2D eigenvalue weighted by Crippen LogP contribution is 2.10. The molecule has 0 bridgehead atoms. The molecule has 2 aromatic heterocycles. The van der Waals surface area contributed by atoms with E-state index in [0.717, 1.165) is 31.2 Å². The number of rotatable bonds is 5. The quantitative estimate of drug-likeness (QED) is 0.751. The highest BCUT2D eigenvalue weighted by molar-refractivity contribution is 5.00. The summed E-state index contributed by atoms with van der Waals surface area (Å²) in [5.41, 5.74) is 0. The summed E-state index contributed by atoms with van der Waals surface area (Å²) >= 11 is 0. The summed E-state index contributed by atoms with van der Waals surface area (Å²) in [5.74, 6) is 1.98. The van der Waals surface area contributed by atoms with Crippen molar-refractivity contribution in [1.82, 2.24) is 4.90 Å². The van der Waals surface area contributed by atoms with Crippen LogP contribution in [0.2, 0.25) is 0 Å². The third kappa shape index (κ3) is 2.73. The number of hydrogen-bond donors (Lipinski definition) is 0. The van der Waals surface area contributed by atoms with E-state index in [9.17, 15) is 0 Å². The Labute approximate surface area is 89.3 Å². The fraction of sp³-hybridized carbons (Fsp3) is 0.333. The lowest BCUT2D eigenvalue weighted by Gasteiger charge is -2.17. The molecule has 3 heteroatoms. The highest BCUT2D eigenvalue weighted by Gasteiger charge is 2.07. The fourth-order valence-electron chi connectivity index (χ4n) is 1.53. The normalized spacial score (nSPS) is 11.1. The zero-order chi connectivity index (χ0) is 10.5. The molecule has 0 aliphatic carbocycles. The van der Waals surface area contributed by atoms with Gasteiger partial charge < -0.3 is 8.83 Å². The molecule has 0 aliphatic heterocycles. The second-order valence-corrected chi connectivity index (χ2v) is 3.46. The van der Waals surface area contributed by atoms with Crippen LogP contribution in [0.3, 0.4) is 0 Å². The summed E-state index contributed by atoms with van der Waals surface area (Å²) in [7, 11) is 0. The molecular formula is C12H15NO2. The van der Waals surface area contributed by atoms with Crippen molar-refractivity contribution in [3.8, 4) is 0 Å². The van der Waals surface area contributed by atoms with Crippen molar-refractivity contribution in [2.75, 3.05) is 6.54 Å². The molecule has 0 amide bonds. The van der Waals surface area contributed by atoms with Gasteiger partial charge in [-0.3, -0.25) is 4.90 Å². The van der Waals surface area contributed by atoms with Crippen molar-refractivity contribution in [3.63, 3.8) is 0 Å². The van der Waals surface area contributed by atoms with Gasteiger partial charge in [-0.25, -0.2) is 0 Å². The van der Waals surface area contributed by atoms with Crippen LogP contribution in [0.25, 0.3) is 0 Å². The molecule has 0 spiro atoms.